The molecule has 20 heavy (non-hydrogen) atoms. The molecule has 0 saturated carbocycles. The van der Waals surface area contributed by atoms with Gasteiger partial charge in [-0.15, -0.1) is 0 Å². The van der Waals surface area contributed by atoms with Crippen molar-refractivity contribution >= 4 is 0 Å². The molecule has 116 valence electrons. The molecule has 1 unspecified atom stereocenters. The first kappa shape index (κ1) is 19.2. The number of allylic oxidation sites excluding steroid dienone is 6. The van der Waals surface area contributed by atoms with E-state index in [2.05, 4.69) is 52.8 Å². The third-order valence-corrected chi connectivity index (χ3v) is 3.65. The van der Waals surface area contributed by atoms with E-state index >= 15 is 0 Å². The summed E-state index contributed by atoms with van der Waals surface area (Å²) in [5.74, 6) is 0.719. The molecule has 0 aliphatic carbocycles. The van der Waals surface area contributed by atoms with Gasteiger partial charge in [0.15, 0.2) is 0 Å². The first-order valence-electron chi connectivity index (χ1n) is 8.10. The molecule has 0 fully saturated rings. The minimum atomic E-state index is 0.719. The predicted molar refractivity (Wildman–Crippen MR) is 92.9 cm³/mol. The summed E-state index contributed by atoms with van der Waals surface area (Å²) in [6, 6.07) is 0. The topological polar surface area (TPSA) is 26.0 Å². The van der Waals surface area contributed by atoms with E-state index in [9.17, 15) is 0 Å². The molecule has 0 radical (unpaired) electrons. The zero-order valence-corrected chi connectivity index (χ0v) is 14.3. The van der Waals surface area contributed by atoms with Crippen molar-refractivity contribution in [2.45, 2.75) is 73.1 Å². The summed E-state index contributed by atoms with van der Waals surface area (Å²) < 4.78 is 0. The zero-order chi connectivity index (χ0) is 15.4. The SMILES string of the molecule is CC(C)=CCCC(C)=CCCC(C)=CCC(C)CCN. The molecule has 0 aromatic heterocycles. The molecule has 0 aromatic rings. The Kier molecular flexibility index (Phi) is 11.5. The summed E-state index contributed by atoms with van der Waals surface area (Å²) >= 11 is 0. The lowest BCUT2D eigenvalue weighted by atomic mass is 10.0. The molecule has 2 N–H and O–H groups in total. The van der Waals surface area contributed by atoms with E-state index in [-0.39, 0.29) is 0 Å². The third-order valence-electron chi connectivity index (χ3n) is 3.65. The van der Waals surface area contributed by atoms with Gasteiger partial charge < -0.3 is 5.73 Å². The third kappa shape index (κ3) is 12.2. The first-order chi connectivity index (χ1) is 9.45. The van der Waals surface area contributed by atoms with Gasteiger partial charge in [-0.2, -0.15) is 0 Å². The molecule has 0 rings (SSSR count). The van der Waals surface area contributed by atoms with E-state index in [1.54, 1.807) is 0 Å². The summed E-state index contributed by atoms with van der Waals surface area (Å²) in [6.45, 7) is 11.9. The fourth-order valence-electron chi connectivity index (χ4n) is 2.14. The Balaban J connectivity index is 3.90. The van der Waals surface area contributed by atoms with Crippen LogP contribution in [0.5, 0.6) is 0 Å². The predicted octanol–water partition coefficient (Wildman–Crippen LogP) is 5.78. The van der Waals surface area contributed by atoms with E-state index in [0.29, 0.717) is 0 Å². The zero-order valence-electron chi connectivity index (χ0n) is 14.3. The normalized spacial score (nSPS) is 14.3. The van der Waals surface area contributed by atoms with Crippen LogP contribution in [0.3, 0.4) is 0 Å². The standard InChI is InChI=1S/C19H35N/c1-16(2)8-6-9-17(3)10-7-11-18(4)12-13-19(5)14-15-20/h8,10,12,19H,6-7,9,11,13-15,20H2,1-5H3. The van der Waals surface area contributed by atoms with Gasteiger partial charge in [-0.25, -0.2) is 0 Å². The van der Waals surface area contributed by atoms with Crippen molar-refractivity contribution in [2.75, 3.05) is 6.54 Å². The number of hydrogen-bond donors (Lipinski definition) is 1. The van der Waals surface area contributed by atoms with Crippen LogP contribution in [-0.4, -0.2) is 6.54 Å². The Morgan fingerprint density at radius 3 is 2.00 bits per heavy atom. The summed E-state index contributed by atoms with van der Waals surface area (Å²) in [5.41, 5.74) is 10.0. The number of rotatable bonds is 10. The van der Waals surface area contributed by atoms with Crippen LogP contribution in [0.25, 0.3) is 0 Å². The minimum absolute atomic E-state index is 0.719. The first-order valence-corrected chi connectivity index (χ1v) is 8.10. The fraction of sp³-hybridized carbons (Fsp3) is 0.684. The summed E-state index contributed by atoms with van der Waals surface area (Å²) in [4.78, 5) is 0. The highest BCUT2D eigenvalue weighted by atomic mass is 14.5. The lowest BCUT2D eigenvalue weighted by Crippen LogP contribution is -2.04. The Bertz CT molecular complexity index is 330. The second-order valence-corrected chi connectivity index (χ2v) is 6.38. The lowest BCUT2D eigenvalue weighted by Gasteiger charge is -2.07. The number of hydrogen-bond acceptors (Lipinski definition) is 1. The van der Waals surface area contributed by atoms with Crippen LogP contribution < -0.4 is 5.73 Å². The highest BCUT2D eigenvalue weighted by molar-refractivity contribution is 5.05. The molecule has 0 spiro atoms. The molecule has 0 aliphatic heterocycles. The molecule has 0 aliphatic rings. The Morgan fingerprint density at radius 1 is 0.900 bits per heavy atom. The molecule has 1 nitrogen and oxygen atoms in total. The summed E-state index contributed by atoms with van der Waals surface area (Å²) in [6.07, 6.45) is 14.2. The molecule has 0 aromatic carbocycles. The van der Waals surface area contributed by atoms with Gasteiger partial charge in [0.25, 0.3) is 0 Å². The Morgan fingerprint density at radius 2 is 1.45 bits per heavy atom. The van der Waals surface area contributed by atoms with E-state index in [1.807, 2.05) is 0 Å². The largest absolute Gasteiger partial charge is 0.330 e. The average Bonchev–Trinajstić information content (AvgIpc) is 2.36. The summed E-state index contributed by atoms with van der Waals surface area (Å²) in [5, 5.41) is 0. The van der Waals surface area contributed by atoms with Gasteiger partial charge in [0.2, 0.25) is 0 Å². The second kappa shape index (κ2) is 12.0. The second-order valence-electron chi connectivity index (χ2n) is 6.38. The molecule has 0 heterocycles. The van der Waals surface area contributed by atoms with Gasteiger partial charge in [0.1, 0.15) is 0 Å². The van der Waals surface area contributed by atoms with Crippen LogP contribution in [0.4, 0.5) is 0 Å². The van der Waals surface area contributed by atoms with Gasteiger partial charge in [-0.05, 0) is 78.7 Å². The van der Waals surface area contributed by atoms with E-state index in [4.69, 9.17) is 5.73 Å². The molecule has 1 atom stereocenters. The Hall–Kier alpha value is -0.820. The van der Waals surface area contributed by atoms with Crippen LogP contribution in [0.2, 0.25) is 0 Å². The highest BCUT2D eigenvalue weighted by Gasteiger charge is 1.98. The molecular formula is C19H35N. The Labute approximate surface area is 127 Å². The lowest BCUT2D eigenvalue weighted by molar-refractivity contribution is 0.547. The minimum Gasteiger partial charge on any atom is -0.330 e. The molecule has 0 bridgehead atoms. The van der Waals surface area contributed by atoms with Gasteiger partial charge in [-0.3, -0.25) is 0 Å². The van der Waals surface area contributed by atoms with Gasteiger partial charge in [0, 0.05) is 0 Å². The van der Waals surface area contributed by atoms with Gasteiger partial charge >= 0.3 is 0 Å². The van der Waals surface area contributed by atoms with E-state index in [0.717, 1.165) is 18.9 Å². The van der Waals surface area contributed by atoms with Crippen LogP contribution >= 0.6 is 0 Å². The monoisotopic (exact) mass is 277 g/mol. The van der Waals surface area contributed by atoms with Crippen LogP contribution in [0.15, 0.2) is 34.9 Å². The van der Waals surface area contributed by atoms with Crippen molar-refractivity contribution in [3.05, 3.63) is 34.9 Å². The maximum absolute atomic E-state index is 5.58. The van der Waals surface area contributed by atoms with Crippen molar-refractivity contribution in [3.63, 3.8) is 0 Å². The van der Waals surface area contributed by atoms with Crippen molar-refractivity contribution in [1.82, 2.24) is 0 Å². The van der Waals surface area contributed by atoms with Crippen molar-refractivity contribution < 1.29 is 0 Å². The van der Waals surface area contributed by atoms with Gasteiger partial charge in [0.05, 0.1) is 0 Å². The van der Waals surface area contributed by atoms with Crippen LogP contribution in [0, 0.1) is 5.92 Å². The average molecular weight is 277 g/mol. The molecule has 0 saturated heterocycles. The van der Waals surface area contributed by atoms with Crippen molar-refractivity contribution in [2.24, 2.45) is 11.7 Å². The van der Waals surface area contributed by atoms with Gasteiger partial charge in [-0.1, -0.05) is 41.9 Å². The quantitative estimate of drug-likeness (QED) is 0.503. The highest BCUT2D eigenvalue weighted by Crippen LogP contribution is 2.14. The maximum Gasteiger partial charge on any atom is -0.00746 e. The van der Waals surface area contributed by atoms with Crippen molar-refractivity contribution in [1.29, 1.82) is 0 Å². The number of nitrogens with two attached hydrogens (primary N) is 1. The molecule has 1 heteroatoms. The maximum atomic E-state index is 5.58. The van der Waals surface area contributed by atoms with E-state index < -0.39 is 0 Å². The summed E-state index contributed by atoms with van der Waals surface area (Å²) in [7, 11) is 0. The molecule has 0 amide bonds. The van der Waals surface area contributed by atoms with Crippen LogP contribution in [0.1, 0.15) is 73.1 Å². The van der Waals surface area contributed by atoms with Crippen molar-refractivity contribution in [3.8, 4) is 0 Å². The smallest absolute Gasteiger partial charge is 0.00746 e. The molecular weight excluding hydrogens is 242 g/mol. The fourth-order valence-corrected chi connectivity index (χ4v) is 2.14. The van der Waals surface area contributed by atoms with Crippen LogP contribution in [-0.2, 0) is 0 Å². The van der Waals surface area contributed by atoms with E-state index in [1.165, 1.54) is 48.8 Å².